The number of piperidine rings is 1. The van der Waals surface area contributed by atoms with Gasteiger partial charge in [-0.05, 0) is 31.4 Å². The maximum Gasteiger partial charge on any atom is 0.266 e. The van der Waals surface area contributed by atoms with Gasteiger partial charge in [0, 0.05) is 32.1 Å². The van der Waals surface area contributed by atoms with Gasteiger partial charge in [0.15, 0.2) is 0 Å². The molecule has 5 nitrogen and oxygen atoms in total. The lowest BCUT2D eigenvalue weighted by Crippen LogP contribution is -2.38. The number of carbonyl (C=O) groups is 2. The van der Waals surface area contributed by atoms with Gasteiger partial charge in [-0.2, -0.15) is 0 Å². The number of carbonyl (C=O) groups excluding carboxylic acids is 2. The minimum Gasteiger partial charge on any atom is -0.465 e. The average molecular weight is 350 g/mol. The fourth-order valence-electron chi connectivity index (χ4n) is 2.70. The standard InChI is InChI=1S/C16H18N2O3S2/c19-14(17-7-2-1-3-8-17)6-9-18-15(20)13(23-16(18)22)11-12-5-4-10-21-12/h4-5,10-11H,1-3,6-9H2/b13-11+. The van der Waals surface area contributed by atoms with Crippen molar-refractivity contribution in [1.29, 1.82) is 0 Å². The van der Waals surface area contributed by atoms with Crippen molar-refractivity contribution in [3.63, 3.8) is 0 Å². The van der Waals surface area contributed by atoms with Crippen molar-refractivity contribution < 1.29 is 14.0 Å². The van der Waals surface area contributed by atoms with Gasteiger partial charge in [0.2, 0.25) is 5.91 Å². The predicted molar refractivity (Wildman–Crippen MR) is 93.6 cm³/mol. The van der Waals surface area contributed by atoms with Crippen LogP contribution < -0.4 is 0 Å². The highest BCUT2D eigenvalue weighted by Gasteiger charge is 2.32. The summed E-state index contributed by atoms with van der Waals surface area (Å²) in [5, 5.41) is 0. The largest absolute Gasteiger partial charge is 0.465 e. The Balaban J connectivity index is 1.58. The third-order valence-corrected chi connectivity index (χ3v) is 5.33. The maximum atomic E-state index is 12.4. The Morgan fingerprint density at radius 2 is 2.13 bits per heavy atom. The van der Waals surface area contributed by atoms with E-state index >= 15 is 0 Å². The number of likely N-dealkylation sites (tertiary alicyclic amines) is 1. The third kappa shape index (κ3) is 3.84. The number of thioether (sulfide) groups is 1. The van der Waals surface area contributed by atoms with Gasteiger partial charge < -0.3 is 9.32 Å². The topological polar surface area (TPSA) is 53.8 Å². The number of furan rings is 1. The smallest absolute Gasteiger partial charge is 0.266 e. The number of rotatable bonds is 4. The molecule has 3 heterocycles. The van der Waals surface area contributed by atoms with Crippen molar-refractivity contribution >= 4 is 46.2 Å². The average Bonchev–Trinajstić information content (AvgIpc) is 3.16. The number of thiocarbonyl (C=S) groups is 1. The SMILES string of the molecule is O=C(CCN1C(=O)/C(=C\c2ccco2)SC1=S)N1CCCCC1. The Morgan fingerprint density at radius 3 is 2.83 bits per heavy atom. The summed E-state index contributed by atoms with van der Waals surface area (Å²) in [6, 6.07) is 3.55. The minimum atomic E-state index is -0.150. The van der Waals surface area contributed by atoms with Gasteiger partial charge in [-0.3, -0.25) is 14.5 Å². The molecule has 122 valence electrons. The second-order valence-electron chi connectivity index (χ2n) is 5.54. The van der Waals surface area contributed by atoms with Crippen LogP contribution in [-0.4, -0.2) is 45.6 Å². The van der Waals surface area contributed by atoms with E-state index in [1.54, 1.807) is 24.5 Å². The van der Waals surface area contributed by atoms with E-state index in [9.17, 15) is 9.59 Å². The number of hydrogen-bond donors (Lipinski definition) is 0. The molecule has 0 N–H and O–H groups in total. The molecule has 0 spiro atoms. The molecule has 2 amide bonds. The monoisotopic (exact) mass is 350 g/mol. The normalized spacial score (nSPS) is 20.6. The minimum absolute atomic E-state index is 0.105. The van der Waals surface area contributed by atoms with Crippen molar-refractivity contribution in [2.75, 3.05) is 19.6 Å². The molecule has 2 aliphatic rings. The van der Waals surface area contributed by atoms with E-state index in [0.717, 1.165) is 25.9 Å². The first kappa shape index (κ1) is 16.3. The third-order valence-electron chi connectivity index (χ3n) is 3.95. The van der Waals surface area contributed by atoms with E-state index in [4.69, 9.17) is 16.6 Å². The summed E-state index contributed by atoms with van der Waals surface area (Å²) in [5.41, 5.74) is 0. The van der Waals surface area contributed by atoms with Crippen molar-refractivity contribution in [2.24, 2.45) is 0 Å². The van der Waals surface area contributed by atoms with E-state index in [2.05, 4.69) is 0 Å². The summed E-state index contributed by atoms with van der Waals surface area (Å²) in [6.07, 6.45) is 6.89. The van der Waals surface area contributed by atoms with Crippen LogP contribution in [0.2, 0.25) is 0 Å². The molecule has 0 bridgehead atoms. The molecule has 23 heavy (non-hydrogen) atoms. The maximum absolute atomic E-state index is 12.4. The van der Waals surface area contributed by atoms with Crippen LogP contribution in [0.15, 0.2) is 27.7 Å². The molecule has 0 atom stereocenters. The first-order chi connectivity index (χ1) is 11.1. The lowest BCUT2D eigenvalue weighted by atomic mass is 10.1. The Morgan fingerprint density at radius 1 is 1.35 bits per heavy atom. The van der Waals surface area contributed by atoms with Crippen molar-refractivity contribution in [3.05, 3.63) is 29.1 Å². The van der Waals surface area contributed by atoms with E-state index in [0.29, 0.717) is 28.0 Å². The van der Waals surface area contributed by atoms with Gasteiger partial charge in [0.05, 0.1) is 11.2 Å². The highest BCUT2D eigenvalue weighted by atomic mass is 32.2. The molecular formula is C16H18N2O3S2. The van der Waals surface area contributed by atoms with Gasteiger partial charge >= 0.3 is 0 Å². The molecule has 3 rings (SSSR count). The summed E-state index contributed by atoms with van der Waals surface area (Å²) in [5.74, 6) is 0.575. The van der Waals surface area contributed by atoms with Crippen LogP contribution in [0.25, 0.3) is 6.08 Å². The highest BCUT2D eigenvalue weighted by molar-refractivity contribution is 8.26. The molecular weight excluding hydrogens is 332 g/mol. The highest BCUT2D eigenvalue weighted by Crippen LogP contribution is 2.32. The van der Waals surface area contributed by atoms with Crippen LogP contribution in [0.5, 0.6) is 0 Å². The van der Waals surface area contributed by atoms with Crippen molar-refractivity contribution in [3.8, 4) is 0 Å². The molecule has 0 aromatic carbocycles. The fraction of sp³-hybridized carbons (Fsp3) is 0.438. The summed E-state index contributed by atoms with van der Waals surface area (Å²) in [6.45, 7) is 2.00. The number of hydrogen-bond acceptors (Lipinski definition) is 5. The summed E-state index contributed by atoms with van der Waals surface area (Å²) >= 11 is 6.52. The lowest BCUT2D eigenvalue weighted by molar-refractivity contribution is -0.132. The predicted octanol–water partition coefficient (Wildman–Crippen LogP) is 2.88. The van der Waals surface area contributed by atoms with Crippen LogP contribution in [0.4, 0.5) is 0 Å². The molecule has 0 unspecified atom stereocenters. The van der Waals surface area contributed by atoms with Gasteiger partial charge in [0.1, 0.15) is 10.1 Å². The quantitative estimate of drug-likeness (QED) is 0.617. The molecule has 1 aromatic rings. The van der Waals surface area contributed by atoms with Gasteiger partial charge in [-0.25, -0.2) is 0 Å². The summed E-state index contributed by atoms with van der Waals surface area (Å²) in [7, 11) is 0. The van der Waals surface area contributed by atoms with E-state index in [1.807, 2.05) is 4.90 Å². The van der Waals surface area contributed by atoms with Crippen LogP contribution in [0.3, 0.4) is 0 Å². The molecule has 0 aliphatic carbocycles. The molecule has 0 saturated carbocycles. The van der Waals surface area contributed by atoms with Crippen LogP contribution in [0, 0.1) is 0 Å². The second kappa shape index (κ2) is 7.31. The number of amides is 2. The zero-order valence-electron chi connectivity index (χ0n) is 12.7. The van der Waals surface area contributed by atoms with Gasteiger partial charge in [0.25, 0.3) is 5.91 Å². The summed E-state index contributed by atoms with van der Waals surface area (Å²) in [4.78, 5) is 28.6. The zero-order valence-corrected chi connectivity index (χ0v) is 14.3. The number of nitrogens with zero attached hydrogens (tertiary/aromatic N) is 2. The van der Waals surface area contributed by atoms with Crippen LogP contribution in [-0.2, 0) is 9.59 Å². The van der Waals surface area contributed by atoms with Crippen LogP contribution in [0.1, 0.15) is 31.4 Å². The molecule has 2 saturated heterocycles. The van der Waals surface area contributed by atoms with E-state index in [1.165, 1.54) is 23.1 Å². The van der Waals surface area contributed by atoms with E-state index in [-0.39, 0.29) is 11.8 Å². The van der Waals surface area contributed by atoms with Crippen molar-refractivity contribution in [2.45, 2.75) is 25.7 Å². The first-order valence-electron chi connectivity index (χ1n) is 7.72. The van der Waals surface area contributed by atoms with Crippen LogP contribution >= 0.6 is 24.0 Å². The molecule has 2 aliphatic heterocycles. The molecule has 2 fully saturated rings. The van der Waals surface area contributed by atoms with Gasteiger partial charge in [-0.15, -0.1) is 0 Å². The first-order valence-corrected chi connectivity index (χ1v) is 8.94. The fourth-order valence-corrected chi connectivity index (χ4v) is 3.99. The molecule has 1 aromatic heterocycles. The Kier molecular flexibility index (Phi) is 5.17. The van der Waals surface area contributed by atoms with Crippen molar-refractivity contribution in [1.82, 2.24) is 9.80 Å². The van der Waals surface area contributed by atoms with Gasteiger partial charge in [-0.1, -0.05) is 24.0 Å². The molecule has 7 heteroatoms. The Bertz CT molecular complexity index is 634. The lowest BCUT2D eigenvalue weighted by Gasteiger charge is -2.27. The Labute approximate surface area is 144 Å². The molecule has 0 radical (unpaired) electrons. The van der Waals surface area contributed by atoms with E-state index < -0.39 is 0 Å². The summed E-state index contributed by atoms with van der Waals surface area (Å²) < 4.78 is 5.73. The zero-order chi connectivity index (χ0) is 16.2. The Hall–Kier alpha value is -1.60. The second-order valence-corrected chi connectivity index (χ2v) is 7.22.